The Hall–Kier alpha value is -4.11. The molecule has 2 aromatic heterocycles. The molecule has 0 saturated carbocycles. The fraction of sp³-hybridized carbons (Fsp3) is 0.0714. The van der Waals surface area contributed by atoms with Crippen LogP contribution in [-0.2, 0) is 33.4 Å². The molecule has 0 aliphatic carbocycles. The Morgan fingerprint density at radius 3 is 1.70 bits per heavy atom. The Balaban J connectivity index is 0.000000377. The van der Waals surface area contributed by atoms with Crippen molar-refractivity contribution in [2.24, 2.45) is 0 Å². The summed E-state index contributed by atoms with van der Waals surface area (Å²) in [6.45, 7) is 0. The average Bonchev–Trinajstić information content (AvgIpc) is 2.92. The van der Waals surface area contributed by atoms with Crippen molar-refractivity contribution in [3.8, 4) is 22.5 Å². The van der Waals surface area contributed by atoms with E-state index in [4.69, 9.17) is 5.11 Å². The third-order valence-corrected chi connectivity index (χ3v) is 5.34. The third-order valence-electron chi connectivity index (χ3n) is 5.34. The zero-order chi connectivity index (χ0) is 28.2. The largest absolute Gasteiger partial charge is 0.477 e. The van der Waals surface area contributed by atoms with Gasteiger partial charge in [0.2, 0.25) is 0 Å². The van der Waals surface area contributed by atoms with Gasteiger partial charge in [-0.2, -0.15) is 26.3 Å². The van der Waals surface area contributed by atoms with Crippen molar-refractivity contribution in [3.05, 3.63) is 114 Å². The Morgan fingerprint density at radius 1 is 0.700 bits per heavy atom. The van der Waals surface area contributed by atoms with Gasteiger partial charge in [0, 0.05) is 33.0 Å². The van der Waals surface area contributed by atoms with E-state index in [2.05, 4.69) is 21.0 Å². The Morgan fingerprint density at radius 2 is 1.25 bits per heavy atom. The zero-order valence-corrected chi connectivity index (χ0v) is 22.2. The molecule has 2 heterocycles. The first-order chi connectivity index (χ1) is 18.4. The monoisotopic (exact) mass is 735 g/mol. The van der Waals surface area contributed by atoms with Crippen LogP contribution in [0.15, 0.2) is 91.1 Å². The number of carbonyl (C=O) groups is 1. The van der Waals surface area contributed by atoms with E-state index in [0.717, 1.165) is 24.3 Å². The molecule has 12 heteroatoms. The molecule has 3 aromatic carbocycles. The van der Waals surface area contributed by atoms with Crippen molar-refractivity contribution in [3.63, 3.8) is 0 Å². The van der Waals surface area contributed by atoms with E-state index >= 15 is 0 Å². The molecule has 0 aliphatic rings. The number of alkyl halides is 6. The Kier molecular flexibility index (Phi) is 9.42. The predicted octanol–water partition coefficient (Wildman–Crippen LogP) is 7.58. The molecule has 0 bridgehead atoms. The maximum Gasteiger partial charge on any atom is 0.416 e. The second-order valence-corrected chi connectivity index (χ2v) is 7.99. The minimum absolute atomic E-state index is 0. The molecular formula is C28H16F6N3O2Pt-. The number of halogens is 6. The standard InChI is InChI=1S/C22H11F6N2.C6H5NO2.Pt/c23-21(24,25)15-9-5-13(6-10-15)19-20(30-18-4-2-1-3-17(18)29-19)14-7-11-16(12-8-14)22(26,27)28;8-6(9)5-3-1-2-4-7-5;/h1-7,9-12H;1-4H,(H,8,9);/q-1;;. The Labute approximate surface area is 237 Å². The third kappa shape index (κ3) is 7.29. The smallest absolute Gasteiger partial charge is 0.416 e. The number of carboxylic acid groups (broad SMARTS) is 1. The van der Waals surface area contributed by atoms with Crippen molar-refractivity contribution in [1.82, 2.24) is 15.0 Å². The first-order valence-corrected chi connectivity index (χ1v) is 11.1. The van der Waals surface area contributed by atoms with Crippen LogP contribution in [0.4, 0.5) is 26.3 Å². The zero-order valence-electron chi connectivity index (χ0n) is 19.9. The van der Waals surface area contributed by atoms with Crippen LogP contribution in [0, 0.1) is 6.07 Å². The first-order valence-electron chi connectivity index (χ1n) is 11.1. The molecule has 40 heavy (non-hydrogen) atoms. The van der Waals surface area contributed by atoms with Crippen LogP contribution >= 0.6 is 0 Å². The van der Waals surface area contributed by atoms with Crippen LogP contribution < -0.4 is 0 Å². The van der Waals surface area contributed by atoms with Gasteiger partial charge in [-0.15, -0.1) is 29.8 Å². The van der Waals surface area contributed by atoms with Gasteiger partial charge in [0.25, 0.3) is 0 Å². The van der Waals surface area contributed by atoms with E-state index in [1.54, 1.807) is 36.4 Å². The topological polar surface area (TPSA) is 76.0 Å². The van der Waals surface area contributed by atoms with Crippen molar-refractivity contribution in [1.29, 1.82) is 0 Å². The SMILES string of the molecule is FC(F)(F)c1c[c-]c(-c2nc3ccccc3nc2-c2ccc(C(F)(F)F)cc2)cc1.O=C(O)c1ccccn1.[Pt]. The normalized spacial score (nSPS) is 11.2. The van der Waals surface area contributed by atoms with E-state index in [1.807, 2.05) is 0 Å². The molecule has 208 valence electrons. The fourth-order valence-electron chi connectivity index (χ4n) is 3.44. The number of para-hydroxylation sites is 2. The van der Waals surface area contributed by atoms with Crippen LogP contribution in [0.25, 0.3) is 33.5 Å². The number of carboxylic acids is 1. The molecule has 1 N–H and O–H groups in total. The average molecular weight is 736 g/mol. The number of fused-ring (bicyclic) bond motifs is 1. The van der Waals surface area contributed by atoms with Gasteiger partial charge in [0.1, 0.15) is 5.69 Å². The van der Waals surface area contributed by atoms with E-state index in [9.17, 15) is 31.1 Å². The fourth-order valence-corrected chi connectivity index (χ4v) is 3.44. The number of pyridine rings is 1. The molecule has 0 saturated heterocycles. The summed E-state index contributed by atoms with van der Waals surface area (Å²) in [5, 5.41) is 8.32. The molecule has 5 aromatic rings. The van der Waals surface area contributed by atoms with Gasteiger partial charge in [-0.3, -0.25) is 9.97 Å². The molecule has 0 aliphatic heterocycles. The van der Waals surface area contributed by atoms with E-state index in [1.165, 1.54) is 30.5 Å². The van der Waals surface area contributed by atoms with Gasteiger partial charge in [0.05, 0.1) is 22.3 Å². The van der Waals surface area contributed by atoms with Gasteiger partial charge in [-0.1, -0.05) is 30.3 Å². The number of aromatic carboxylic acids is 1. The van der Waals surface area contributed by atoms with E-state index in [-0.39, 0.29) is 43.7 Å². The van der Waals surface area contributed by atoms with Crippen LogP contribution in [0.3, 0.4) is 0 Å². The van der Waals surface area contributed by atoms with Crippen LogP contribution in [0.5, 0.6) is 0 Å². The molecule has 0 spiro atoms. The van der Waals surface area contributed by atoms with Gasteiger partial charge in [-0.05, 0) is 47.5 Å². The van der Waals surface area contributed by atoms with Gasteiger partial charge in [0.15, 0.2) is 0 Å². The summed E-state index contributed by atoms with van der Waals surface area (Å²) in [5.74, 6) is -0.990. The first kappa shape index (κ1) is 30.4. The maximum atomic E-state index is 12.9. The molecule has 5 nitrogen and oxygen atoms in total. The Bertz CT molecular complexity index is 1500. The van der Waals surface area contributed by atoms with Crippen molar-refractivity contribution < 1.29 is 57.3 Å². The number of rotatable bonds is 3. The quantitative estimate of drug-likeness (QED) is 0.153. The van der Waals surface area contributed by atoms with Crippen molar-refractivity contribution in [2.45, 2.75) is 12.4 Å². The molecule has 5 rings (SSSR count). The van der Waals surface area contributed by atoms with Crippen LogP contribution in [-0.4, -0.2) is 26.0 Å². The van der Waals surface area contributed by atoms with E-state index in [0.29, 0.717) is 16.6 Å². The summed E-state index contributed by atoms with van der Waals surface area (Å²) in [4.78, 5) is 22.7. The van der Waals surface area contributed by atoms with Crippen molar-refractivity contribution in [2.75, 3.05) is 0 Å². The summed E-state index contributed by atoms with van der Waals surface area (Å²) in [7, 11) is 0. The minimum Gasteiger partial charge on any atom is -0.477 e. The molecule has 0 radical (unpaired) electrons. The molecule has 0 amide bonds. The summed E-state index contributed by atoms with van der Waals surface area (Å²) < 4.78 is 77.3. The summed E-state index contributed by atoms with van der Waals surface area (Å²) in [6, 6.07) is 21.5. The van der Waals surface area contributed by atoms with Crippen molar-refractivity contribution >= 4 is 17.0 Å². The maximum absolute atomic E-state index is 12.9. The van der Waals surface area contributed by atoms with Gasteiger partial charge < -0.3 is 5.11 Å². The summed E-state index contributed by atoms with van der Waals surface area (Å²) in [6.07, 6.45) is -7.55. The number of nitrogens with zero attached hydrogens (tertiary/aromatic N) is 3. The summed E-state index contributed by atoms with van der Waals surface area (Å²) >= 11 is 0. The number of hydrogen-bond donors (Lipinski definition) is 1. The molecule has 0 unspecified atom stereocenters. The minimum atomic E-state index is -4.51. The van der Waals surface area contributed by atoms with E-state index < -0.39 is 29.4 Å². The second-order valence-electron chi connectivity index (χ2n) is 7.99. The molecule has 0 atom stereocenters. The van der Waals surface area contributed by atoms with Crippen LogP contribution in [0.2, 0.25) is 0 Å². The van der Waals surface area contributed by atoms with Crippen LogP contribution in [0.1, 0.15) is 21.6 Å². The number of aromatic nitrogens is 3. The number of hydrogen-bond acceptors (Lipinski definition) is 4. The number of benzene rings is 3. The molecule has 0 fully saturated rings. The molecular weight excluding hydrogens is 719 g/mol. The predicted molar refractivity (Wildman–Crippen MR) is 130 cm³/mol. The second kappa shape index (κ2) is 12.4. The van der Waals surface area contributed by atoms with Gasteiger partial charge >= 0.3 is 18.3 Å². The summed E-state index contributed by atoms with van der Waals surface area (Å²) in [5.41, 5.74) is 0.469. The van der Waals surface area contributed by atoms with Gasteiger partial charge in [-0.25, -0.2) is 9.78 Å².